The van der Waals surface area contributed by atoms with Crippen LogP contribution in [0.4, 0.5) is 5.69 Å². The lowest BCUT2D eigenvalue weighted by molar-refractivity contribution is -0.384. The normalized spacial score (nSPS) is 10.5. The molecule has 0 bridgehead atoms. The highest BCUT2D eigenvalue weighted by molar-refractivity contribution is 9.11. The molecule has 0 N–H and O–H groups in total. The molecule has 0 aliphatic heterocycles. The molecule has 1 rings (SSSR count). The highest BCUT2D eigenvalue weighted by Crippen LogP contribution is 2.13. The Morgan fingerprint density at radius 2 is 2.31 bits per heavy atom. The maximum absolute atomic E-state index is 10.4. The lowest BCUT2D eigenvalue weighted by atomic mass is 10.1. The maximum Gasteiger partial charge on any atom is 0.269 e. The summed E-state index contributed by atoms with van der Waals surface area (Å²) in [7, 11) is 0. The Morgan fingerprint density at radius 3 is 2.92 bits per heavy atom. The monoisotopic (exact) mass is 241 g/mol. The summed E-state index contributed by atoms with van der Waals surface area (Å²) >= 11 is 3.14. The van der Waals surface area contributed by atoms with Crippen molar-refractivity contribution in [1.29, 1.82) is 0 Å². The summed E-state index contributed by atoms with van der Waals surface area (Å²) in [5.74, 6) is 0. The van der Waals surface area contributed by atoms with Gasteiger partial charge in [-0.25, -0.2) is 0 Å². The second-order valence-corrected chi connectivity index (χ2v) is 3.02. The van der Waals surface area contributed by atoms with Crippen LogP contribution < -0.4 is 0 Å². The average Bonchev–Trinajstić information content (AvgIpc) is 2.15. The van der Waals surface area contributed by atoms with Crippen LogP contribution in [-0.4, -0.2) is 4.92 Å². The lowest BCUT2D eigenvalue weighted by Crippen LogP contribution is -1.89. The number of benzene rings is 1. The zero-order valence-electron chi connectivity index (χ0n) is 6.81. The Balaban J connectivity index is 2.85. The Morgan fingerprint density at radius 1 is 1.54 bits per heavy atom. The van der Waals surface area contributed by atoms with Crippen molar-refractivity contribution in [2.24, 2.45) is 0 Å². The first-order chi connectivity index (χ1) is 6.24. The van der Waals surface area contributed by atoms with Crippen molar-refractivity contribution in [1.82, 2.24) is 0 Å². The molecule has 0 amide bonds. The summed E-state index contributed by atoms with van der Waals surface area (Å²) in [6.45, 7) is 0. The molecule has 13 heavy (non-hydrogen) atoms. The smallest absolute Gasteiger partial charge is 0.258 e. The van der Waals surface area contributed by atoms with Gasteiger partial charge in [-0.1, -0.05) is 34.1 Å². The molecule has 0 aliphatic carbocycles. The standard InChI is InChI=1S/C9H8BrNO2/c10-6-2-4-8-3-1-5-9(7-8)11(12)13/h1-3,5-7H,4H2. The Kier molecular flexibility index (Phi) is 3.64. The van der Waals surface area contributed by atoms with E-state index in [9.17, 15) is 10.1 Å². The summed E-state index contributed by atoms with van der Waals surface area (Å²) in [6, 6.07) is 6.61. The van der Waals surface area contributed by atoms with Gasteiger partial charge in [-0.05, 0) is 17.0 Å². The SMILES string of the molecule is O=[N+]([O-])c1cccc(CC=CBr)c1. The van der Waals surface area contributed by atoms with Crippen molar-refractivity contribution in [3.05, 3.63) is 51.0 Å². The summed E-state index contributed by atoms with van der Waals surface area (Å²) in [4.78, 5) is 11.8. The Hall–Kier alpha value is -1.16. The minimum absolute atomic E-state index is 0.139. The number of rotatable bonds is 3. The average molecular weight is 242 g/mol. The number of non-ortho nitro benzene ring substituents is 1. The molecule has 4 heteroatoms. The number of nitro groups is 1. The largest absolute Gasteiger partial charge is 0.269 e. The molecule has 0 heterocycles. The van der Waals surface area contributed by atoms with E-state index in [-0.39, 0.29) is 10.6 Å². The van der Waals surface area contributed by atoms with E-state index in [1.807, 2.05) is 12.1 Å². The second kappa shape index (κ2) is 4.77. The predicted molar refractivity (Wildman–Crippen MR) is 54.9 cm³/mol. The van der Waals surface area contributed by atoms with Crippen LogP contribution in [0.15, 0.2) is 35.3 Å². The quantitative estimate of drug-likeness (QED) is 0.603. The molecule has 1 aromatic rings. The van der Waals surface area contributed by atoms with Gasteiger partial charge in [0.1, 0.15) is 0 Å². The molecular formula is C9H8BrNO2. The molecule has 0 aliphatic rings. The van der Waals surface area contributed by atoms with Crippen LogP contribution in [0, 0.1) is 10.1 Å². The van der Waals surface area contributed by atoms with Gasteiger partial charge in [0.25, 0.3) is 5.69 Å². The van der Waals surface area contributed by atoms with Crippen LogP contribution in [0.5, 0.6) is 0 Å². The van der Waals surface area contributed by atoms with Crippen molar-refractivity contribution in [3.8, 4) is 0 Å². The zero-order chi connectivity index (χ0) is 9.68. The fourth-order valence-electron chi connectivity index (χ4n) is 0.978. The van der Waals surface area contributed by atoms with Gasteiger partial charge < -0.3 is 0 Å². The van der Waals surface area contributed by atoms with E-state index in [2.05, 4.69) is 15.9 Å². The molecule has 0 atom stereocenters. The van der Waals surface area contributed by atoms with Crippen molar-refractivity contribution >= 4 is 21.6 Å². The molecule has 0 saturated heterocycles. The first-order valence-corrected chi connectivity index (χ1v) is 4.64. The van der Waals surface area contributed by atoms with Crippen LogP contribution >= 0.6 is 15.9 Å². The van der Waals surface area contributed by atoms with Crippen LogP contribution in [0.2, 0.25) is 0 Å². The van der Waals surface area contributed by atoms with Gasteiger partial charge in [0.2, 0.25) is 0 Å². The van der Waals surface area contributed by atoms with Crippen LogP contribution in [0.3, 0.4) is 0 Å². The van der Waals surface area contributed by atoms with Gasteiger partial charge >= 0.3 is 0 Å². The Bertz CT molecular complexity index is 336. The van der Waals surface area contributed by atoms with Gasteiger partial charge in [0.05, 0.1) is 4.92 Å². The molecule has 0 aromatic heterocycles. The third-order valence-electron chi connectivity index (χ3n) is 1.56. The molecule has 0 radical (unpaired) electrons. The van der Waals surface area contributed by atoms with Crippen LogP contribution in [0.1, 0.15) is 5.56 Å². The fraction of sp³-hybridized carbons (Fsp3) is 0.111. The number of hydrogen-bond donors (Lipinski definition) is 0. The first kappa shape index (κ1) is 9.92. The number of nitro benzene ring substituents is 1. The highest BCUT2D eigenvalue weighted by Gasteiger charge is 2.03. The molecule has 0 fully saturated rings. The predicted octanol–water partition coefficient (Wildman–Crippen LogP) is 3.05. The van der Waals surface area contributed by atoms with E-state index in [1.165, 1.54) is 6.07 Å². The first-order valence-electron chi connectivity index (χ1n) is 3.72. The number of halogens is 1. The molecule has 1 aromatic carbocycles. The van der Waals surface area contributed by atoms with E-state index >= 15 is 0 Å². The molecule has 3 nitrogen and oxygen atoms in total. The minimum Gasteiger partial charge on any atom is -0.258 e. The van der Waals surface area contributed by atoms with E-state index in [0.29, 0.717) is 6.42 Å². The van der Waals surface area contributed by atoms with Crippen LogP contribution in [0.25, 0.3) is 0 Å². The van der Waals surface area contributed by atoms with E-state index in [1.54, 1.807) is 17.1 Å². The third-order valence-corrected chi connectivity index (χ3v) is 1.94. The zero-order valence-corrected chi connectivity index (χ0v) is 8.40. The van der Waals surface area contributed by atoms with Gasteiger partial charge in [-0.2, -0.15) is 0 Å². The van der Waals surface area contributed by atoms with Gasteiger partial charge in [0.15, 0.2) is 0 Å². The van der Waals surface area contributed by atoms with E-state index in [4.69, 9.17) is 0 Å². The van der Waals surface area contributed by atoms with Gasteiger partial charge in [0, 0.05) is 12.1 Å². The lowest BCUT2D eigenvalue weighted by Gasteiger charge is -1.95. The van der Waals surface area contributed by atoms with Crippen molar-refractivity contribution < 1.29 is 4.92 Å². The summed E-state index contributed by atoms with van der Waals surface area (Å²) in [5.41, 5.74) is 1.07. The molecule has 68 valence electrons. The maximum atomic E-state index is 10.4. The molecule has 0 unspecified atom stereocenters. The molecular weight excluding hydrogens is 234 g/mol. The van der Waals surface area contributed by atoms with E-state index in [0.717, 1.165) is 5.56 Å². The number of hydrogen-bond acceptors (Lipinski definition) is 2. The second-order valence-electron chi connectivity index (χ2n) is 2.49. The van der Waals surface area contributed by atoms with Crippen molar-refractivity contribution in [3.63, 3.8) is 0 Å². The summed E-state index contributed by atoms with van der Waals surface area (Å²) < 4.78 is 0. The minimum atomic E-state index is -0.388. The summed E-state index contributed by atoms with van der Waals surface area (Å²) in [6.07, 6.45) is 2.59. The van der Waals surface area contributed by atoms with Gasteiger partial charge in [-0.15, -0.1) is 0 Å². The number of nitrogens with zero attached hydrogens (tertiary/aromatic N) is 1. The fourth-order valence-corrected chi connectivity index (χ4v) is 1.16. The van der Waals surface area contributed by atoms with Crippen molar-refractivity contribution in [2.45, 2.75) is 6.42 Å². The Labute approximate surface area is 84.4 Å². The summed E-state index contributed by atoms with van der Waals surface area (Å²) in [5, 5.41) is 10.4. The topological polar surface area (TPSA) is 43.1 Å². The number of allylic oxidation sites excluding steroid dienone is 1. The molecule has 0 spiro atoms. The highest BCUT2D eigenvalue weighted by atomic mass is 79.9. The third kappa shape index (κ3) is 2.99. The molecule has 0 saturated carbocycles. The van der Waals surface area contributed by atoms with Crippen LogP contribution in [-0.2, 0) is 6.42 Å². The van der Waals surface area contributed by atoms with E-state index < -0.39 is 0 Å². The van der Waals surface area contributed by atoms with Crippen molar-refractivity contribution in [2.75, 3.05) is 0 Å². The van der Waals surface area contributed by atoms with Gasteiger partial charge in [-0.3, -0.25) is 10.1 Å².